The molecule has 3 rings (SSSR count). The van der Waals surface area contributed by atoms with Crippen LogP contribution in [0.4, 0.5) is 5.69 Å². The standard InChI is InChI=1S/C13H18N4/c1-16(2)11-5-6-17(8-11)10-3-4-12-13(7-10)15-9-14-12/h3-4,7,9,11H,5-6,8H2,1-2H3,(H,14,15)/t11-/m1/s1. The van der Waals surface area contributed by atoms with Crippen LogP contribution in [-0.2, 0) is 0 Å². The molecule has 4 heteroatoms. The number of anilines is 1. The van der Waals surface area contributed by atoms with E-state index >= 15 is 0 Å². The summed E-state index contributed by atoms with van der Waals surface area (Å²) in [4.78, 5) is 12.2. The number of hydrogen-bond acceptors (Lipinski definition) is 3. The van der Waals surface area contributed by atoms with E-state index in [2.05, 4.69) is 52.1 Å². The summed E-state index contributed by atoms with van der Waals surface area (Å²) in [5.74, 6) is 0. The number of hydrogen-bond donors (Lipinski definition) is 1. The molecule has 90 valence electrons. The van der Waals surface area contributed by atoms with Gasteiger partial charge in [0.1, 0.15) is 0 Å². The van der Waals surface area contributed by atoms with Crippen molar-refractivity contribution < 1.29 is 0 Å². The fourth-order valence-electron chi connectivity index (χ4n) is 2.52. The van der Waals surface area contributed by atoms with Crippen LogP contribution in [0.5, 0.6) is 0 Å². The molecular weight excluding hydrogens is 212 g/mol. The van der Waals surface area contributed by atoms with Gasteiger partial charge in [0.2, 0.25) is 0 Å². The molecule has 0 aliphatic carbocycles. The first-order chi connectivity index (χ1) is 8.24. The molecule has 4 nitrogen and oxygen atoms in total. The predicted octanol–water partition coefficient (Wildman–Crippen LogP) is 1.70. The number of aromatic nitrogens is 2. The zero-order valence-corrected chi connectivity index (χ0v) is 10.3. The van der Waals surface area contributed by atoms with E-state index in [-0.39, 0.29) is 0 Å². The zero-order valence-electron chi connectivity index (χ0n) is 10.3. The van der Waals surface area contributed by atoms with Crippen molar-refractivity contribution in [1.82, 2.24) is 14.9 Å². The van der Waals surface area contributed by atoms with E-state index < -0.39 is 0 Å². The summed E-state index contributed by atoms with van der Waals surface area (Å²) in [5, 5.41) is 0. The molecule has 1 aliphatic heterocycles. The first-order valence-corrected chi connectivity index (χ1v) is 6.08. The van der Waals surface area contributed by atoms with Gasteiger partial charge in [-0.3, -0.25) is 0 Å². The summed E-state index contributed by atoms with van der Waals surface area (Å²) in [5.41, 5.74) is 3.46. The fourth-order valence-corrected chi connectivity index (χ4v) is 2.52. The lowest BCUT2D eigenvalue weighted by atomic mass is 10.2. The van der Waals surface area contributed by atoms with Gasteiger partial charge in [0.15, 0.2) is 0 Å². The van der Waals surface area contributed by atoms with E-state index in [1.807, 2.05) is 0 Å². The van der Waals surface area contributed by atoms with E-state index in [4.69, 9.17) is 0 Å². The summed E-state index contributed by atoms with van der Waals surface area (Å²) in [6.07, 6.45) is 3.00. The molecule has 1 saturated heterocycles. The number of imidazole rings is 1. The molecule has 0 saturated carbocycles. The van der Waals surface area contributed by atoms with Gasteiger partial charge in [0, 0.05) is 24.8 Å². The van der Waals surface area contributed by atoms with Crippen LogP contribution in [0.2, 0.25) is 0 Å². The van der Waals surface area contributed by atoms with Crippen molar-refractivity contribution in [2.45, 2.75) is 12.5 Å². The molecule has 1 fully saturated rings. The van der Waals surface area contributed by atoms with Gasteiger partial charge in [-0.25, -0.2) is 4.98 Å². The van der Waals surface area contributed by atoms with Gasteiger partial charge in [-0.15, -0.1) is 0 Å². The van der Waals surface area contributed by atoms with Gasteiger partial charge < -0.3 is 14.8 Å². The maximum absolute atomic E-state index is 4.25. The van der Waals surface area contributed by atoms with Crippen molar-refractivity contribution in [3.05, 3.63) is 24.5 Å². The highest BCUT2D eigenvalue weighted by Gasteiger charge is 2.24. The molecule has 0 radical (unpaired) electrons. The average Bonchev–Trinajstić information content (AvgIpc) is 2.97. The molecule has 1 atom stereocenters. The second-order valence-electron chi connectivity index (χ2n) is 4.96. The van der Waals surface area contributed by atoms with Crippen LogP contribution < -0.4 is 4.90 Å². The van der Waals surface area contributed by atoms with Crippen molar-refractivity contribution >= 4 is 16.7 Å². The number of nitrogens with zero attached hydrogens (tertiary/aromatic N) is 3. The second kappa shape index (κ2) is 4.04. The predicted molar refractivity (Wildman–Crippen MR) is 70.4 cm³/mol. The highest BCUT2D eigenvalue weighted by molar-refractivity contribution is 5.79. The molecule has 0 amide bonds. The molecule has 0 unspecified atom stereocenters. The lowest BCUT2D eigenvalue weighted by molar-refractivity contribution is 0.315. The highest BCUT2D eigenvalue weighted by Crippen LogP contribution is 2.24. The summed E-state index contributed by atoms with van der Waals surface area (Å²) in [6, 6.07) is 7.12. The maximum Gasteiger partial charge on any atom is 0.0931 e. The third-order valence-corrected chi connectivity index (χ3v) is 3.66. The molecule has 1 aromatic carbocycles. The molecule has 17 heavy (non-hydrogen) atoms. The molecule has 1 aliphatic rings. The topological polar surface area (TPSA) is 35.2 Å². The number of fused-ring (bicyclic) bond motifs is 1. The van der Waals surface area contributed by atoms with Gasteiger partial charge in [-0.05, 0) is 38.7 Å². The first kappa shape index (κ1) is 10.6. The van der Waals surface area contributed by atoms with Crippen LogP contribution in [0.25, 0.3) is 11.0 Å². The molecule has 0 bridgehead atoms. The Labute approximate surface area is 101 Å². The molecule has 0 spiro atoms. The van der Waals surface area contributed by atoms with Gasteiger partial charge in [0.05, 0.1) is 17.4 Å². The Balaban J connectivity index is 1.84. The van der Waals surface area contributed by atoms with Crippen LogP contribution in [0.15, 0.2) is 24.5 Å². The van der Waals surface area contributed by atoms with Crippen molar-refractivity contribution in [3.8, 4) is 0 Å². The number of nitrogens with one attached hydrogen (secondary N) is 1. The molecule has 1 N–H and O–H groups in total. The SMILES string of the molecule is CN(C)[C@@H]1CCN(c2ccc3nc[nH]c3c2)C1. The normalized spacial score (nSPS) is 20.6. The Bertz CT molecular complexity index is 517. The van der Waals surface area contributed by atoms with Crippen LogP contribution in [-0.4, -0.2) is 48.1 Å². The van der Waals surface area contributed by atoms with Crippen molar-refractivity contribution in [1.29, 1.82) is 0 Å². The van der Waals surface area contributed by atoms with Crippen LogP contribution in [0, 0.1) is 0 Å². The summed E-state index contributed by atoms with van der Waals surface area (Å²) < 4.78 is 0. The minimum atomic E-state index is 0.674. The van der Waals surface area contributed by atoms with Crippen molar-refractivity contribution in [3.63, 3.8) is 0 Å². The largest absolute Gasteiger partial charge is 0.370 e. The van der Waals surface area contributed by atoms with Crippen molar-refractivity contribution in [2.24, 2.45) is 0 Å². The van der Waals surface area contributed by atoms with E-state index in [0.29, 0.717) is 6.04 Å². The lowest BCUT2D eigenvalue weighted by Crippen LogP contribution is -2.31. The Morgan fingerprint density at radius 2 is 2.29 bits per heavy atom. The monoisotopic (exact) mass is 230 g/mol. The van der Waals surface area contributed by atoms with E-state index in [1.54, 1.807) is 6.33 Å². The lowest BCUT2D eigenvalue weighted by Gasteiger charge is -2.21. The second-order valence-corrected chi connectivity index (χ2v) is 4.96. The third-order valence-electron chi connectivity index (χ3n) is 3.66. The van der Waals surface area contributed by atoms with Gasteiger partial charge in [0.25, 0.3) is 0 Å². The number of likely N-dealkylation sites (N-methyl/N-ethyl adjacent to an activating group) is 1. The number of rotatable bonds is 2. The molecular formula is C13H18N4. The van der Waals surface area contributed by atoms with Crippen LogP contribution >= 0.6 is 0 Å². The third kappa shape index (κ3) is 1.89. The van der Waals surface area contributed by atoms with Gasteiger partial charge in [-0.1, -0.05) is 0 Å². The Morgan fingerprint density at radius 1 is 1.41 bits per heavy atom. The number of aromatic amines is 1. The zero-order chi connectivity index (χ0) is 11.8. The minimum absolute atomic E-state index is 0.674. The molecule has 2 aromatic rings. The Hall–Kier alpha value is -1.55. The van der Waals surface area contributed by atoms with Gasteiger partial charge in [-0.2, -0.15) is 0 Å². The maximum atomic E-state index is 4.25. The molecule has 1 aromatic heterocycles. The number of benzene rings is 1. The van der Waals surface area contributed by atoms with Crippen molar-refractivity contribution in [2.75, 3.05) is 32.1 Å². The Morgan fingerprint density at radius 3 is 3.06 bits per heavy atom. The van der Waals surface area contributed by atoms with E-state index in [1.165, 1.54) is 12.1 Å². The molecule has 2 heterocycles. The van der Waals surface area contributed by atoms with E-state index in [9.17, 15) is 0 Å². The summed E-state index contributed by atoms with van der Waals surface area (Å²) >= 11 is 0. The summed E-state index contributed by atoms with van der Waals surface area (Å²) in [7, 11) is 4.32. The fraction of sp³-hybridized carbons (Fsp3) is 0.462. The smallest absolute Gasteiger partial charge is 0.0931 e. The van der Waals surface area contributed by atoms with Crippen LogP contribution in [0.1, 0.15) is 6.42 Å². The Kier molecular flexibility index (Phi) is 2.52. The first-order valence-electron chi connectivity index (χ1n) is 6.08. The average molecular weight is 230 g/mol. The van der Waals surface area contributed by atoms with E-state index in [0.717, 1.165) is 24.1 Å². The highest BCUT2D eigenvalue weighted by atomic mass is 15.2. The summed E-state index contributed by atoms with van der Waals surface area (Å²) in [6.45, 7) is 2.26. The number of H-pyrrole nitrogens is 1. The van der Waals surface area contributed by atoms with Gasteiger partial charge >= 0.3 is 0 Å². The minimum Gasteiger partial charge on any atom is -0.370 e. The quantitative estimate of drug-likeness (QED) is 0.853. The van der Waals surface area contributed by atoms with Crippen LogP contribution in [0.3, 0.4) is 0 Å².